The van der Waals surface area contributed by atoms with Crippen LogP contribution in [0.15, 0.2) is 41.6 Å². The van der Waals surface area contributed by atoms with E-state index in [9.17, 15) is 21.6 Å². The van der Waals surface area contributed by atoms with Crippen LogP contribution in [0.4, 0.5) is 13.2 Å². The second-order valence-electron chi connectivity index (χ2n) is 8.92. The summed E-state index contributed by atoms with van der Waals surface area (Å²) in [6.45, 7) is 2.19. The Kier molecular flexibility index (Phi) is 5.67. The van der Waals surface area contributed by atoms with Gasteiger partial charge < -0.3 is 0 Å². The van der Waals surface area contributed by atoms with Crippen LogP contribution in [-0.2, 0) is 16.2 Å². The van der Waals surface area contributed by atoms with Gasteiger partial charge in [0.1, 0.15) is 21.6 Å². The van der Waals surface area contributed by atoms with E-state index in [4.69, 9.17) is 16.6 Å². The minimum atomic E-state index is -4.56. The highest BCUT2D eigenvalue weighted by Crippen LogP contribution is 2.39. The molecule has 0 N–H and O–H groups in total. The smallest absolute Gasteiger partial charge is 0.234 e. The summed E-state index contributed by atoms with van der Waals surface area (Å²) in [5.41, 5.74) is 0.441. The van der Waals surface area contributed by atoms with E-state index < -0.39 is 21.9 Å². The molecular weight excluding hydrogens is 549 g/mol. The molecule has 0 radical (unpaired) electrons. The number of nitrogens with zero attached hydrogens (tertiary/aromatic N) is 6. The monoisotopic (exact) mass is 566 g/mol. The van der Waals surface area contributed by atoms with Gasteiger partial charge in [-0.1, -0.05) is 11.6 Å². The molecule has 8 nitrogen and oxygen atoms in total. The SMILES string of the molecule is Cc1cc(C(F)(F)F)nc2sc3c(ncn4nc([C@@H]5CCCN(S(=O)(=O)c6ccc(Cl)cc6)C5)nc34)c12. The molecule has 192 valence electrons. The lowest BCUT2D eigenvalue weighted by Crippen LogP contribution is -2.39. The molecule has 1 saturated heterocycles. The van der Waals surface area contributed by atoms with E-state index in [1.54, 1.807) is 6.92 Å². The van der Waals surface area contributed by atoms with Gasteiger partial charge in [0.2, 0.25) is 10.0 Å². The summed E-state index contributed by atoms with van der Waals surface area (Å²) < 4.78 is 69.8. The Labute approximate surface area is 217 Å². The number of alkyl halides is 3. The molecule has 0 spiro atoms. The van der Waals surface area contributed by atoms with Crippen molar-refractivity contribution in [2.24, 2.45) is 0 Å². The number of halogens is 4. The minimum absolute atomic E-state index is 0.165. The van der Waals surface area contributed by atoms with E-state index in [2.05, 4.69) is 15.1 Å². The van der Waals surface area contributed by atoms with Crippen molar-refractivity contribution in [1.29, 1.82) is 0 Å². The predicted molar refractivity (Wildman–Crippen MR) is 133 cm³/mol. The maximum Gasteiger partial charge on any atom is 0.433 e. The number of fused-ring (bicyclic) bond motifs is 5. The van der Waals surface area contributed by atoms with Gasteiger partial charge in [-0.25, -0.2) is 27.9 Å². The Morgan fingerprint density at radius 1 is 1.16 bits per heavy atom. The fourth-order valence-electron chi connectivity index (χ4n) is 4.67. The normalized spacial score (nSPS) is 17.8. The van der Waals surface area contributed by atoms with Gasteiger partial charge in [0.15, 0.2) is 11.5 Å². The molecule has 1 aliphatic rings. The molecule has 37 heavy (non-hydrogen) atoms. The summed E-state index contributed by atoms with van der Waals surface area (Å²) in [5, 5.41) is 5.55. The van der Waals surface area contributed by atoms with Crippen LogP contribution < -0.4 is 0 Å². The standard InChI is InChI=1S/C23H18ClF3N6O2S2/c1-12-9-16(23(25,26)27)29-22-17(12)18-19(36-22)21-30-20(31-33(21)11-28-18)13-3-2-8-32(10-13)37(34,35)15-6-4-14(24)5-7-15/h4-7,9,11,13H,2-3,8,10H2,1H3/t13-/m1/s1. The topological polar surface area (TPSA) is 93.4 Å². The fourth-order valence-corrected chi connectivity index (χ4v) is 7.50. The summed E-state index contributed by atoms with van der Waals surface area (Å²) in [7, 11) is -3.72. The van der Waals surface area contributed by atoms with E-state index in [0.29, 0.717) is 57.0 Å². The number of pyridine rings is 1. The van der Waals surface area contributed by atoms with Gasteiger partial charge in [0.25, 0.3) is 0 Å². The molecule has 0 aliphatic carbocycles. The predicted octanol–water partition coefficient (Wildman–Crippen LogP) is 5.44. The molecule has 5 aromatic rings. The average Bonchev–Trinajstić information content (AvgIpc) is 3.45. The number of rotatable bonds is 3. The third-order valence-corrected chi connectivity index (χ3v) is 9.67. The van der Waals surface area contributed by atoms with Gasteiger partial charge in [0, 0.05) is 29.4 Å². The third kappa shape index (κ3) is 4.13. The van der Waals surface area contributed by atoms with Crippen LogP contribution in [0.25, 0.3) is 26.1 Å². The molecule has 14 heteroatoms. The van der Waals surface area contributed by atoms with Crippen LogP contribution in [0.1, 0.15) is 35.8 Å². The van der Waals surface area contributed by atoms with Crippen LogP contribution in [0.3, 0.4) is 0 Å². The van der Waals surface area contributed by atoms with Crippen molar-refractivity contribution in [2.75, 3.05) is 13.1 Å². The van der Waals surface area contributed by atoms with Crippen molar-refractivity contribution in [3.05, 3.63) is 58.8 Å². The highest BCUT2D eigenvalue weighted by molar-refractivity contribution is 7.89. The first-order valence-corrected chi connectivity index (χ1v) is 13.9. The molecule has 0 unspecified atom stereocenters. The summed E-state index contributed by atoms with van der Waals surface area (Å²) in [6.07, 6.45) is -1.75. The first-order chi connectivity index (χ1) is 17.5. The van der Waals surface area contributed by atoms with Crippen molar-refractivity contribution in [3.8, 4) is 0 Å². The molecular formula is C23H18ClF3N6O2S2. The van der Waals surface area contributed by atoms with Crippen molar-refractivity contribution < 1.29 is 21.6 Å². The van der Waals surface area contributed by atoms with Crippen molar-refractivity contribution >= 4 is 59.0 Å². The van der Waals surface area contributed by atoms with Gasteiger partial charge in [0.05, 0.1) is 10.4 Å². The first-order valence-electron chi connectivity index (χ1n) is 11.3. The van der Waals surface area contributed by atoms with E-state index in [1.807, 2.05) is 0 Å². The third-order valence-electron chi connectivity index (χ3n) is 6.47. The van der Waals surface area contributed by atoms with Gasteiger partial charge >= 0.3 is 6.18 Å². The zero-order chi connectivity index (χ0) is 26.1. The molecule has 6 rings (SSSR count). The quantitative estimate of drug-likeness (QED) is 0.289. The lowest BCUT2D eigenvalue weighted by Gasteiger charge is -2.30. The molecule has 0 bridgehead atoms. The van der Waals surface area contributed by atoms with Crippen molar-refractivity contribution in [3.63, 3.8) is 0 Å². The number of piperidine rings is 1. The fraction of sp³-hybridized carbons (Fsp3) is 0.304. The maximum absolute atomic E-state index is 13.3. The molecule has 0 amide bonds. The van der Waals surface area contributed by atoms with Crippen molar-refractivity contribution in [1.82, 2.24) is 28.9 Å². The van der Waals surface area contributed by atoms with E-state index in [1.165, 1.54) is 39.4 Å². The minimum Gasteiger partial charge on any atom is -0.234 e. The highest BCUT2D eigenvalue weighted by Gasteiger charge is 2.35. The van der Waals surface area contributed by atoms with Gasteiger partial charge in [-0.3, -0.25) is 0 Å². The maximum atomic E-state index is 13.3. The number of sulfonamides is 1. The Hall–Kier alpha value is -2.87. The Bertz CT molecular complexity index is 1780. The van der Waals surface area contributed by atoms with Crippen LogP contribution in [0.5, 0.6) is 0 Å². The van der Waals surface area contributed by atoms with Gasteiger partial charge in [-0.2, -0.15) is 17.5 Å². The number of hydrogen-bond donors (Lipinski definition) is 0. The second-order valence-corrected chi connectivity index (χ2v) is 12.3. The van der Waals surface area contributed by atoms with Crippen LogP contribution in [0, 0.1) is 6.92 Å². The Morgan fingerprint density at radius 2 is 1.92 bits per heavy atom. The zero-order valence-corrected chi connectivity index (χ0v) is 21.6. The summed E-state index contributed by atoms with van der Waals surface area (Å²) >= 11 is 6.99. The van der Waals surface area contributed by atoms with Crippen LogP contribution >= 0.6 is 22.9 Å². The van der Waals surface area contributed by atoms with Gasteiger partial charge in [-0.15, -0.1) is 16.4 Å². The van der Waals surface area contributed by atoms with E-state index in [0.717, 1.165) is 17.4 Å². The highest BCUT2D eigenvalue weighted by atomic mass is 35.5. The number of aromatic nitrogens is 5. The second kappa shape index (κ2) is 8.58. The number of hydrogen-bond acceptors (Lipinski definition) is 7. The molecule has 1 fully saturated rings. The largest absolute Gasteiger partial charge is 0.433 e. The summed E-state index contributed by atoms with van der Waals surface area (Å²) in [6, 6.07) is 7.06. The molecule has 4 aromatic heterocycles. The molecule has 5 heterocycles. The van der Waals surface area contributed by atoms with Gasteiger partial charge in [-0.05, 0) is 55.7 Å². The van der Waals surface area contributed by atoms with Crippen LogP contribution in [-0.4, -0.2) is 50.4 Å². The zero-order valence-electron chi connectivity index (χ0n) is 19.2. The first kappa shape index (κ1) is 24.5. The molecule has 1 aromatic carbocycles. The van der Waals surface area contributed by atoms with E-state index >= 15 is 0 Å². The average molecular weight is 567 g/mol. The number of benzene rings is 1. The molecule has 0 saturated carbocycles. The Morgan fingerprint density at radius 3 is 2.65 bits per heavy atom. The number of aryl methyl sites for hydroxylation is 1. The van der Waals surface area contributed by atoms with Crippen LogP contribution in [0.2, 0.25) is 5.02 Å². The van der Waals surface area contributed by atoms with Crippen molar-refractivity contribution in [2.45, 2.75) is 36.8 Å². The summed E-state index contributed by atoms with van der Waals surface area (Å²) in [4.78, 5) is 13.4. The lowest BCUT2D eigenvalue weighted by molar-refractivity contribution is -0.141. The Balaban J connectivity index is 1.39. The molecule has 1 atom stereocenters. The van der Waals surface area contributed by atoms with E-state index in [-0.39, 0.29) is 22.2 Å². The number of thiophene rings is 1. The lowest BCUT2D eigenvalue weighted by atomic mass is 9.99. The summed E-state index contributed by atoms with van der Waals surface area (Å²) in [5.74, 6) is 0.209. The molecule has 1 aliphatic heterocycles.